The quantitative estimate of drug-likeness (QED) is 0.538. The maximum atomic E-state index is 7.93. The fourth-order valence-electron chi connectivity index (χ4n) is 1.95. The van der Waals surface area contributed by atoms with Gasteiger partial charge in [0.05, 0.1) is 5.84 Å². The summed E-state index contributed by atoms with van der Waals surface area (Å²) in [6.45, 7) is 9.83. The van der Waals surface area contributed by atoms with Crippen LogP contribution in [0.5, 0.6) is 0 Å². The molecule has 1 heterocycles. The van der Waals surface area contributed by atoms with Crippen LogP contribution in [-0.2, 0) is 0 Å². The van der Waals surface area contributed by atoms with E-state index in [-0.39, 0.29) is 0 Å². The van der Waals surface area contributed by atoms with E-state index in [1.807, 2.05) is 0 Å². The molecule has 1 saturated heterocycles. The summed E-state index contributed by atoms with van der Waals surface area (Å²) in [5.74, 6) is 0.842. The maximum Gasteiger partial charge on any atom is 0.0970 e. The van der Waals surface area contributed by atoms with Crippen LogP contribution in [0.15, 0.2) is 0 Å². The third-order valence-electron chi connectivity index (χ3n) is 3.05. The lowest BCUT2D eigenvalue weighted by atomic mass is 10.3. The molecule has 0 radical (unpaired) electrons. The average Bonchev–Trinajstić information content (AvgIpc) is 2.72. The molecule has 0 saturated carbocycles. The molecule has 1 rings (SSSR count). The van der Waals surface area contributed by atoms with Crippen molar-refractivity contribution in [2.45, 2.75) is 33.1 Å². The Hall–Kier alpha value is -0.570. The number of likely N-dealkylation sites (tertiary alicyclic amines) is 1. The molecule has 0 bridgehead atoms. The van der Waals surface area contributed by atoms with Crippen molar-refractivity contribution < 1.29 is 0 Å². The molecular weight excluding hydrogens is 174 g/mol. The summed E-state index contributed by atoms with van der Waals surface area (Å²) in [7, 11) is 0. The highest BCUT2D eigenvalue weighted by molar-refractivity contribution is 5.79. The zero-order valence-corrected chi connectivity index (χ0v) is 9.55. The van der Waals surface area contributed by atoms with E-state index in [0.29, 0.717) is 0 Å². The number of rotatable bonds is 5. The Morgan fingerprint density at radius 1 is 1.21 bits per heavy atom. The van der Waals surface area contributed by atoms with Crippen LogP contribution >= 0.6 is 0 Å². The summed E-state index contributed by atoms with van der Waals surface area (Å²) in [6.07, 6.45) is 3.46. The lowest BCUT2D eigenvalue weighted by molar-refractivity contribution is 0.308. The minimum atomic E-state index is 0.842. The van der Waals surface area contributed by atoms with Crippen LogP contribution in [0.2, 0.25) is 0 Å². The van der Waals surface area contributed by atoms with Gasteiger partial charge in [0.2, 0.25) is 0 Å². The van der Waals surface area contributed by atoms with Crippen molar-refractivity contribution in [3.8, 4) is 0 Å². The highest BCUT2D eigenvalue weighted by Gasteiger charge is 2.14. The molecule has 0 unspecified atom stereocenters. The molecule has 0 spiro atoms. The van der Waals surface area contributed by atoms with E-state index in [0.717, 1.165) is 45.0 Å². The van der Waals surface area contributed by atoms with E-state index in [4.69, 9.17) is 5.41 Å². The molecule has 1 aliphatic heterocycles. The Morgan fingerprint density at radius 2 is 1.79 bits per heavy atom. The molecule has 0 aromatic carbocycles. The number of hydrogen-bond acceptors (Lipinski definition) is 2. The van der Waals surface area contributed by atoms with Crippen LogP contribution in [0.1, 0.15) is 33.1 Å². The second-order valence-corrected chi connectivity index (χ2v) is 3.92. The summed E-state index contributed by atoms with van der Waals surface area (Å²) >= 11 is 0. The molecule has 1 fully saturated rings. The van der Waals surface area contributed by atoms with Gasteiger partial charge < -0.3 is 9.80 Å². The van der Waals surface area contributed by atoms with Crippen LogP contribution in [0.25, 0.3) is 0 Å². The topological polar surface area (TPSA) is 30.3 Å². The van der Waals surface area contributed by atoms with Crippen LogP contribution in [0.3, 0.4) is 0 Å². The molecule has 1 aliphatic rings. The van der Waals surface area contributed by atoms with E-state index >= 15 is 0 Å². The predicted molar refractivity (Wildman–Crippen MR) is 60.9 cm³/mol. The second kappa shape index (κ2) is 6.02. The minimum absolute atomic E-state index is 0.842. The highest BCUT2D eigenvalue weighted by atomic mass is 15.2. The average molecular weight is 197 g/mol. The van der Waals surface area contributed by atoms with E-state index in [1.54, 1.807) is 0 Å². The van der Waals surface area contributed by atoms with Gasteiger partial charge in [-0.1, -0.05) is 13.8 Å². The Morgan fingerprint density at radius 3 is 2.29 bits per heavy atom. The molecule has 0 aromatic heterocycles. The Kier molecular flexibility index (Phi) is 4.94. The first kappa shape index (κ1) is 11.5. The Labute approximate surface area is 87.6 Å². The van der Waals surface area contributed by atoms with E-state index in [2.05, 4.69) is 23.6 Å². The molecule has 1 N–H and O–H groups in total. The van der Waals surface area contributed by atoms with E-state index < -0.39 is 0 Å². The summed E-state index contributed by atoms with van der Waals surface area (Å²) in [5.41, 5.74) is 0. The predicted octanol–water partition coefficient (Wildman–Crippen LogP) is 1.79. The molecule has 14 heavy (non-hydrogen) atoms. The number of amidine groups is 1. The number of nitrogens with zero attached hydrogens (tertiary/aromatic N) is 2. The van der Waals surface area contributed by atoms with Gasteiger partial charge >= 0.3 is 0 Å². The van der Waals surface area contributed by atoms with Crippen LogP contribution in [-0.4, -0.2) is 48.4 Å². The van der Waals surface area contributed by atoms with E-state index in [9.17, 15) is 0 Å². The standard InChI is InChI=1S/C11H23N3/c1-3-13(4-2)10-7-11(12)14-8-5-6-9-14/h12H,3-10H2,1-2H3. The SMILES string of the molecule is CCN(CC)CCC(=N)N1CCCC1. The number of hydrogen-bond donors (Lipinski definition) is 1. The van der Waals surface area contributed by atoms with Crippen molar-refractivity contribution in [2.24, 2.45) is 0 Å². The first-order chi connectivity index (χ1) is 6.77. The van der Waals surface area contributed by atoms with Crippen molar-refractivity contribution in [2.75, 3.05) is 32.7 Å². The number of nitrogens with one attached hydrogen (secondary N) is 1. The summed E-state index contributed by atoms with van der Waals surface area (Å²) < 4.78 is 0. The van der Waals surface area contributed by atoms with Crippen molar-refractivity contribution in [3.05, 3.63) is 0 Å². The summed E-state index contributed by atoms with van der Waals surface area (Å²) in [6, 6.07) is 0. The van der Waals surface area contributed by atoms with Crippen molar-refractivity contribution >= 4 is 5.84 Å². The third-order valence-corrected chi connectivity index (χ3v) is 3.05. The monoisotopic (exact) mass is 197 g/mol. The molecule has 3 heteroatoms. The molecule has 3 nitrogen and oxygen atoms in total. The van der Waals surface area contributed by atoms with Gasteiger partial charge in [-0.2, -0.15) is 0 Å². The van der Waals surface area contributed by atoms with Crippen LogP contribution in [0, 0.1) is 5.41 Å². The summed E-state index contributed by atoms with van der Waals surface area (Å²) in [5, 5.41) is 7.93. The van der Waals surface area contributed by atoms with Crippen molar-refractivity contribution in [1.29, 1.82) is 5.41 Å². The van der Waals surface area contributed by atoms with E-state index in [1.165, 1.54) is 12.8 Å². The van der Waals surface area contributed by atoms with Crippen LogP contribution < -0.4 is 0 Å². The van der Waals surface area contributed by atoms with Gasteiger partial charge in [-0.05, 0) is 25.9 Å². The van der Waals surface area contributed by atoms with Crippen LogP contribution in [0.4, 0.5) is 0 Å². The van der Waals surface area contributed by atoms with Gasteiger partial charge in [0.15, 0.2) is 0 Å². The lowest BCUT2D eigenvalue weighted by Gasteiger charge is -2.22. The van der Waals surface area contributed by atoms with Crippen molar-refractivity contribution in [3.63, 3.8) is 0 Å². The largest absolute Gasteiger partial charge is 0.361 e. The fourth-order valence-corrected chi connectivity index (χ4v) is 1.95. The molecule has 0 amide bonds. The van der Waals surface area contributed by atoms with Gasteiger partial charge in [-0.15, -0.1) is 0 Å². The minimum Gasteiger partial charge on any atom is -0.361 e. The second-order valence-electron chi connectivity index (χ2n) is 3.92. The first-order valence-corrected chi connectivity index (χ1v) is 5.82. The van der Waals surface area contributed by atoms with Gasteiger partial charge in [0.1, 0.15) is 0 Å². The molecule has 82 valence electrons. The third kappa shape index (κ3) is 3.29. The Balaban J connectivity index is 2.19. The lowest BCUT2D eigenvalue weighted by Crippen LogP contribution is -2.32. The van der Waals surface area contributed by atoms with Gasteiger partial charge in [0, 0.05) is 26.1 Å². The zero-order chi connectivity index (χ0) is 10.4. The Bertz CT molecular complexity index is 169. The van der Waals surface area contributed by atoms with Crippen molar-refractivity contribution in [1.82, 2.24) is 9.80 Å². The fraction of sp³-hybridized carbons (Fsp3) is 0.909. The smallest absolute Gasteiger partial charge is 0.0970 e. The normalized spacial score (nSPS) is 16.6. The van der Waals surface area contributed by atoms with Gasteiger partial charge in [-0.3, -0.25) is 5.41 Å². The van der Waals surface area contributed by atoms with Gasteiger partial charge in [-0.25, -0.2) is 0 Å². The molecule has 0 atom stereocenters. The van der Waals surface area contributed by atoms with Gasteiger partial charge in [0.25, 0.3) is 0 Å². The summed E-state index contributed by atoms with van der Waals surface area (Å²) in [4.78, 5) is 4.61. The first-order valence-electron chi connectivity index (χ1n) is 5.82. The maximum absolute atomic E-state index is 7.93. The molecular formula is C11H23N3. The highest BCUT2D eigenvalue weighted by Crippen LogP contribution is 2.09. The molecule has 0 aliphatic carbocycles. The zero-order valence-electron chi connectivity index (χ0n) is 9.55. The molecule has 0 aromatic rings.